The molecular formula is C12H18N2O2. The highest BCUT2D eigenvalue weighted by Gasteiger charge is 2.07. The Morgan fingerprint density at radius 1 is 1.38 bits per heavy atom. The molecule has 0 radical (unpaired) electrons. The van der Waals surface area contributed by atoms with Gasteiger partial charge in [-0.2, -0.15) is 0 Å². The molecule has 1 amide bonds. The molecule has 2 N–H and O–H groups in total. The average molecular weight is 222 g/mol. The van der Waals surface area contributed by atoms with Gasteiger partial charge in [0.25, 0.3) is 5.91 Å². The van der Waals surface area contributed by atoms with E-state index in [9.17, 15) is 4.79 Å². The fraction of sp³-hybridized carbons (Fsp3) is 0.417. The summed E-state index contributed by atoms with van der Waals surface area (Å²) >= 11 is 0. The van der Waals surface area contributed by atoms with Crippen molar-refractivity contribution in [2.45, 2.75) is 13.5 Å². The van der Waals surface area contributed by atoms with E-state index >= 15 is 0 Å². The zero-order valence-electron chi connectivity index (χ0n) is 9.96. The van der Waals surface area contributed by atoms with E-state index in [0.717, 1.165) is 23.4 Å². The first kappa shape index (κ1) is 12.5. The number of amides is 1. The summed E-state index contributed by atoms with van der Waals surface area (Å²) in [5.41, 5.74) is 2.10. The van der Waals surface area contributed by atoms with E-state index in [2.05, 4.69) is 10.6 Å². The molecular weight excluding hydrogens is 204 g/mol. The van der Waals surface area contributed by atoms with Gasteiger partial charge in [-0.15, -0.1) is 0 Å². The van der Waals surface area contributed by atoms with Gasteiger partial charge in [-0.05, 0) is 19.5 Å². The molecule has 0 saturated heterocycles. The zero-order valence-corrected chi connectivity index (χ0v) is 9.96. The summed E-state index contributed by atoms with van der Waals surface area (Å²) in [7, 11) is 3.48. The number of rotatable bonds is 5. The third-order valence-electron chi connectivity index (χ3n) is 2.29. The Balaban J connectivity index is 2.79. The van der Waals surface area contributed by atoms with Crippen LogP contribution in [0.3, 0.4) is 0 Å². The van der Waals surface area contributed by atoms with Crippen molar-refractivity contribution < 1.29 is 9.53 Å². The lowest BCUT2D eigenvalue weighted by molar-refractivity contribution is -0.122. The van der Waals surface area contributed by atoms with Gasteiger partial charge in [-0.3, -0.25) is 4.79 Å². The summed E-state index contributed by atoms with van der Waals surface area (Å²) in [5.74, 6) is 0.666. The average Bonchev–Trinajstić information content (AvgIpc) is 2.28. The fourth-order valence-corrected chi connectivity index (χ4v) is 1.46. The highest BCUT2D eigenvalue weighted by molar-refractivity contribution is 5.77. The molecule has 1 rings (SSSR count). The molecule has 1 aromatic rings. The molecule has 0 fully saturated rings. The van der Waals surface area contributed by atoms with Crippen molar-refractivity contribution in [2.75, 3.05) is 20.7 Å². The molecule has 16 heavy (non-hydrogen) atoms. The number of hydrogen-bond acceptors (Lipinski definition) is 3. The first-order valence-corrected chi connectivity index (χ1v) is 5.25. The quantitative estimate of drug-likeness (QED) is 0.776. The second kappa shape index (κ2) is 6.12. The standard InChI is InChI=1S/C12H18N2O2/c1-9-5-4-6-10(7-13-2)12(9)16-8-11(15)14-3/h4-6,13H,7-8H2,1-3H3,(H,14,15). The molecule has 0 bridgehead atoms. The van der Waals surface area contributed by atoms with Gasteiger partial charge in [0.05, 0.1) is 0 Å². The highest BCUT2D eigenvalue weighted by atomic mass is 16.5. The summed E-state index contributed by atoms with van der Waals surface area (Å²) in [6, 6.07) is 5.94. The van der Waals surface area contributed by atoms with Crippen LogP contribution in [-0.2, 0) is 11.3 Å². The number of carbonyl (C=O) groups excluding carboxylic acids is 1. The highest BCUT2D eigenvalue weighted by Crippen LogP contribution is 2.23. The molecule has 0 aliphatic rings. The fourth-order valence-electron chi connectivity index (χ4n) is 1.46. The first-order valence-electron chi connectivity index (χ1n) is 5.25. The number of benzene rings is 1. The van der Waals surface area contributed by atoms with Crippen molar-refractivity contribution in [1.82, 2.24) is 10.6 Å². The van der Waals surface area contributed by atoms with Gasteiger partial charge in [-0.1, -0.05) is 18.2 Å². The van der Waals surface area contributed by atoms with Crippen LogP contribution in [0.2, 0.25) is 0 Å². The Hall–Kier alpha value is -1.55. The maximum Gasteiger partial charge on any atom is 0.257 e. The smallest absolute Gasteiger partial charge is 0.257 e. The van der Waals surface area contributed by atoms with E-state index in [1.807, 2.05) is 32.2 Å². The van der Waals surface area contributed by atoms with Crippen molar-refractivity contribution in [2.24, 2.45) is 0 Å². The minimum absolute atomic E-state index is 0.0536. The summed E-state index contributed by atoms with van der Waals surface area (Å²) in [6.45, 7) is 2.75. The molecule has 4 nitrogen and oxygen atoms in total. The van der Waals surface area contributed by atoms with Crippen LogP contribution in [0.15, 0.2) is 18.2 Å². The van der Waals surface area contributed by atoms with Crippen LogP contribution in [0.1, 0.15) is 11.1 Å². The number of nitrogens with one attached hydrogen (secondary N) is 2. The Kier molecular flexibility index (Phi) is 4.79. The second-order valence-electron chi connectivity index (χ2n) is 3.56. The number of para-hydroxylation sites is 1. The lowest BCUT2D eigenvalue weighted by Gasteiger charge is -2.13. The van der Waals surface area contributed by atoms with Gasteiger partial charge in [0.15, 0.2) is 6.61 Å². The van der Waals surface area contributed by atoms with Crippen LogP contribution in [0, 0.1) is 6.92 Å². The molecule has 0 heterocycles. The molecule has 1 aromatic carbocycles. The number of aryl methyl sites for hydroxylation is 1. The summed E-state index contributed by atoms with van der Waals surface area (Å²) < 4.78 is 5.52. The van der Waals surface area contributed by atoms with Gasteiger partial charge in [-0.25, -0.2) is 0 Å². The monoisotopic (exact) mass is 222 g/mol. The van der Waals surface area contributed by atoms with E-state index in [1.165, 1.54) is 0 Å². The molecule has 0 spiro atoms. The summed E-state index contributed by atoms with van der Waals surface area (Å²) in [6.07, 6.45) is 0. The molecule has 0 aliphatic carbocycles. The van der Waals surface area contributed by atoms with Crippen molar-refractivity contribution in [3.63, 3.8) is 0 Å². The van der Waals surface area contributed by atoms with Crippen molar-refractivity contribution in [3.05, 3.63) is 29.3 Å². The van der Waals surface area contributed by atoms with Gasteiger partial charge in [0.2, 0.25) is 0 Å². The van der Waals surface area contributed by atoms with Crippen molar-refractivity contribution in [1.29, 1.82) is 0 Å². The van der Waals surface area contributed by atoms with E-state index in [-0.39, 0.29) is 12.5 Å². The number of hydrogen-bond donors (Lipinski definition) is 2. The van der Waals surface area contributed by atoms with Crippen LogP contribution in [0.4, 0.5) is 0 Å². The second-order valence-corrected chi connectivity index (χ2v) is 3.56. The molecule has 0 unspecified atom stereocenters. The van der Waals surface area contributed by atoms with Crippen LogP contribution in [0.5, 0.6) is 5.75 Å². The van der Waals surface area contributed by atoms with Crippen molar-refractivity contribution >= 4 is 5.91 Å². The molecule has 4 heteroatoms. The predicted octanol–water partition coefficient (Wildman–Crippen LogP) is 0.839. The zero-order chi connectivity index (χ0) is 12.0. The van der Waals surface area contributed by atoms with E-state index in [0.29, 0.717) is 0 Å². The number of likely N-dealkylation sites (N-methyl/N-ethyl adjacent to an activating group) is 1. The minimum atomic E-state index is -0.126. The predicted molar refractivity (Wildman–Crippen MR) is 63.5 cm³/mol. The Bertz CT molecular complexity index is 364. The molecule has 0 aliphatic heterocycles. The lowest BCUT2D eigenvalue weighted by atomic mass is 10.1. The summed E-state index contributed by atoms with van der Waals surface area (Å²) in [5, 5.41) is 5.60. The van der Waals surface area contributed by atoms with Crippen molar-refractivity contribution in [3.8, 4) is 5.75 Å². The number of ether oxygens (including phenoxy) is 1. The third kappa shape index (κ3) is 3.24. The largest absolute Gasteiger partial charge is 0.483 e. The van der Waals surface area contributed by atoms with E-state index < -0.39 is 0 Å². The maximum atomic E-state index is 11.1. The number of carbonyl (C=O) groups is 1. The maximum absolute atomic E-state index is 11.1. The molecule has 0 aromatic heterocycles. The van der Waals surface area contributed by atoms with Gasteiger partial charge in [0.1, 0.15) is 5.75 Å². The Morgan fingerprint density at radius 2 is 2.12 bits per heavy atom. The van der Waals surface area contributed by atoms with E-state index in [4.69, 9.17) is 4.74 Å². The van der Waals surface area contributed by atoms with Gasteiger partial charge in [0, 0.05) is 19.2 Å². The lowest BCUT2D eigenvalue weighted by Crippen LogP contribution is -2.25. The first-order chi connectivity index (χ1) is 7.69. The SMILES string of the molecule is CNCc1cccc(C)c1OCC(=O)NC. The van der Waals surface area contributed by atoms with Crippen LogP contribution >= 0.6 is 0 Å². The van der Waals surface area contributed by atoms with E-state index in [1.54, 1.807) is 7.05 Å². The minimum Gasteiger partial charge on any atom is -0.483 e. The van der Waals surface area contributed by atoms with Gasteiger partial charge < -0.3 is 15.4 Å². The van der Waals surface area contributed by atoms with Gasteiger partial charge >= 0.3 is 0 Å². The topological polar surface area (TPSA) is 50.4 Å². The molecule has 88 valence electrons. The Morgan fingerprint density at radius 3 is 2.75 bits per heavy atom. The van der Waals surface area contributed by atoms with Crippen LogP contribution in [-0.4, -0.2) is 26.6 Å². The molecule has 0 saturated carbocycles. The summed E-state index contributed by atoms with van der Waals surface area (Å²) in [4.78, 5) is 11.1. The Labute approximate surface area is 96.0 Å². The van der Waals surface area contributed by atoms with Crippen LogP contribution in [0.25, 0.3) is 0 Å². The molecule has 0 atom stereocenters. The third-order valence-corrected chi connectivity index (χ3v) is 2.29. The normalized spacial score (nSPS) is 9.94. The van der Waals surface area contributed by atoms with Crippen LogP contribution < -0.4 is 15.4 Å².